The van der Waals surface area contributed by atoms with Gasteiger partial charge >= 0.3 is 5.69 Å². The van der Waals surface area contributed by atoms with Gasteiger partial charge in [0.05, 0.1) is 16.7 Å². The molecule has 1 aromatic heterocycles. The van der Waals surface area contributed by atoms with E-state index in [1.165, 1.54) is 11.3 Å². The molecule has 3 aromatic carbocycles. The molecule has 1 saturated heterocycles. The van der Waals surface area contributed by atoms with E-state index in [9.17, 15) is 4.79 Å². The molecule has 0 amide bonds. The zero-order valence-corrected chi connectivity index (χ0v) is 18.9. The Hall–Kier alpha value is -3.31. The van der Waals surface area contributed by atoms with Gasteiger partial charge in [0.2, 0.25) is 0 Å². The minimum Gasteiger partial charge on any atom is -0.369 e. The van der Waals surface area contributed by atoms with Gasteiger partial charge in [-0.1, -0.05) is 48.5 Å². The number of hydrogen-bond donors (Lipinski definition) is 0. The maximum Gasteiger partial charge on any atom is 0.333 e. The van der Waals surface area contributed by atoms with Crippen molar-refractivity contribution >= 4 is 16.7 Å². The Kier molecular flexibility index (Phi) is 5.58. The largest absolute Gasteiger partial charge is 0.369 e. The average molecular weight is 427 g/mol. The third-order valence-corrected chi connectivity index (χ3v) is 6.66. The number of aromatic nitrogens is 2. The molecular weight excluding hydrogens is 396 g/mol. The average Bonchev–Trinajstić information content (AvgIpc) is 3.10. The molecule has 0 bridgehead atoms. The highest BCUT2D eigenvalue weighted by Crippen LogP contribution is 2.22. The summed E-state index contributed by atoms with van der Waals surface area (Å²) in [6, 6.07) is 24.8. The number of fused-ring (bicyclic) bond motifs is 1. The number of anilines is 1. The zero-order chi connectivity index (χ0) is 22.1. The molecular formula is C27H30N4O. The summed E-state index contributed by atoms with van der Waals surface area (Å²) in [5.74, 6) is 0. The number of hydrogen-bond acceptors (Lipinski definition) is 3. The second kappa shape index (κ2) is 8.67. The molecule has 2 heterocycles. The minimum atomic E-state index is 0.0408. The van der Waals surface area contributed by atoms with Gasteiger partial charge in [0, 0.05) is 45.0 Å². The fourth-order valence-corrected chi connectivity index (χ4v) is 4.84. The highest BCUT2D eigenvalue weighted by atomic mass is 16.1. The monoisotopic (exact) mass is 426 g/mol. The molecule has 0 radical (unpaired) electrons. The Bertz CT molecular complexity index is 1290. The van der Waals surface area contributed by atoms with Crippen molar-refractivity contribution in [2.45, 2.75) is 20.4 Å². The smallest absolute Gasteiger partial charge is 0.333 e. The summed E-state index contributed by atoms with van der Waals surface area (Å²) >= 11 is 0. The highest BCUT2D eigenvalue weighted by molar-refractivity contribution is 5.78. The molecule has 5 rings (SSSR count). The molecule has 1 aliphatic rings. The van der Waals surface area contributed by atoms with E-state index in [0.717, 1.165) is 55.0 Å². The third-order valence-electron chi connectivity index (χ3n) is 6.66. The number of aryl methyl sites for hydroxylation is 2. The molecule has 0 atom stereocenters. The van der Waals surface area contributed by atoms with Crippen molar-refractivity contribution in [3.8, 4) is 5.69 Å². The molecule has 0 N–H and O–H groups in total. The van der Waals surface area contributed by atoms with Gasteiger partial charge in [-0.2, -0.15) is 0 Å². The van der Waals surface area contributed by atoms with Crippen LogP contribution in [0, 0.1) is 13.8 Å². The molecule has 1 aliphatic heterocycles. The molecule has 5 heteroatoms. The van der Waals surface area contributed by atoms with E-state index in [2.05, 4.69) is 60.0 Å². The second-order valence-corrected chi connectivity index (χ2v) is 8.66. The van der Waals surface area contributed by atoms with Crippen LogP contribution in [-0.2, 0) is 6.54 Å². The maximum absolute atomic E-state index is 13.5. The van der Waals surface area contributed by atoms with Crippen LogP contribution in [0.5, 0.6) is 0 Å². The van der Waals surface area contributed by atoms with Crippen molar-refractivity contribution < 1.29 is 0 Å². The van der Waals surface area contributed by atoms with E-state index in [1.54, 1.807) is 0 Å². The fourth-order valence-electron chi connectivity index (χ4n) is 4.84. The van der Waals surface area contributed by atoms with Crippen molar-refractivity contribution in [1.82, 2.24) is 14.0 Å². The molecule has 0 saturated carbocycles. The number of nitrogens with zero attached hydrogens (tertiary/aromatic N) is 4. The summed E-state index contributed by atoms with van der Waals surface area (Å²) in [4.78, 5) is 18.4. The predicted molar refractivity (Wildman–Crippen MR) is 132 cm³/mol. The summed E-state index contributed by atoms with van der Waals surface area (Å²) in [5.41, 5.74) is 6.74. The number of piperazine rings is 1. The van der Waals surface area contributed by atoms with E-state index in [0.29, 0.717) is 6.54 Å². The lowest BCUT2D eigenvalue weighted by molar-refractivity contribution is 0.248. The van der Waals surface area contributed by atoms with Gasteiger partial charge in [0.1, 0.15) is 0 Å². The van der Waals surface area contributed by atoms with Crippen LogP contribution in [-0.4, -0.2) is 46.8 Å². The van der Waals surface area contributed by atoms with E-state index in [-0.39, 0.29) is 5.69 Å². The maximum atomic E-state index is 13.5. The quantitative estimate of drug-likeness (QED) is 0.479. The van der Waals surface area contributed by atoms with Crippen LogP contribution in [0.3, 0.4) is 0 Å². The standard InChI is InChI=1S/C27H30N4O/c1-21-9-3-5-11-23(21)29-18-15-28(16-19-29)17-20-30-25-13-7-8-14-26(25)31(27(30)32)24-12-6-4-10-22(24)2/h3-14H,15-20H2,1-2H3. The lowest BCUT2D eigenvalue weighted by Gasteiger charge is -2.36. The Morgan fingerprint density at radius 1 is 0.656 bits per heavy atom. The SMILES string of the molecule is Cc1ccccc1N1CCN(CCn2c(=O)n(-c3ccccc3C)c3ccccc32)CC1. The summed E-state index contributed by atoms with van der Waals surface area (Å²) < 4.78 is 3.80. The molecule has 0 spiro atoms. The highest BCUT2D eigenvalue weighted by Gasteiger charge is 2.20. The summed E-state index contributed by atoms with van der Waals surface area (Å²) in [7, 11) is 0. The van der Waals surface area contributed by atoms with Crippen molar-refractivity contribution in [3.63, 3.8) is 0 Å². The lowest BCUT2D eigenvalue weighted by atomic mass is 10.1. The van der Waals surface area contributed by atoms with Crippen LogP contribution in [0.15, 0.2) is 77.6 Å². The van der Waals surface area contributed by atoms with Gasteiger partial charge in [-0.05, 0) is 49.2 Å². The van der Waals surface area contributed by atoms with Gasteiger partial charge in [-0.3, -0.25) is 14.0 Å². The van der Waals surface area contributed by atoms with Gasteiger partial charge in [0.15, 0.2) is 0 Å². The van der Waals surface area contributed by atoms with E-state index < -0.39 is 0 Å². The number of benzene rings is 3. The Labute approximate surface area is 189 Å². The first kappa shape index (κ1) is 20.6. The van der Waals surface area contributed by atoms with Crippen LogP contribution < -0.4 is 10.6 Å². The Balaban J connectivity index is 1.35. The molecule has 32 heavy (non-hydrogen) atoms. The summed E-state index contributed by atoms with van der Waals surface area (Å²) in [6.07, 6.45) is 0. The van der Waals surface area contributed by atoms with Crippen LogP contribution >= 0.6 is 0 Å². The van der Waals surface area contributed by atoms with Gasteiger partial charge in [0.25, 0.3) is 0 Å². The molecule has 0 unspecified atom stereocenters. The van der Waals surface area contributed by atoms with Crippen LogP contribution in [0.4, 0.5) is 5.69 Å². The van der Waals surface area contributed by atoms with Crippen molar-refractivity contribution in [2.24, 2.45) is 0 Å². The summed E-state index contributed by atoms with van der Waals surface area (Å²) in [5, 5.41) is 0. The lowest BCUT2D eigenvalue weighted by Crippen LogP contribution is -2.47. The first-order chi connectivity index (χ1) is 15.6. The number of rotatable bonds is 5. The Morgan fingerprint density at radius 3 is 1.88 bits per heavy atom. The third kappa shape index (κ3) is 3.73. The molecule has 4 aromatic rings. The van der Waals surface area contributed by atoms with Crippen LogP contribution in [0.2, 0.25) is 0 Å². The number of imidazole rings is 1. The molecule has 1 fully saturated rings. The van der Waals surface area contributed by atoms with E-state index >= 15 is 0 Å². The van der Waals surface area contributed by atoms with E-state index in [1.807, 2.05) is 45.5 Å². The van der Waals surface area contributed by atoms with Crippen LogP contribution in [0.1, 0.15) is 11.1 Å². The summed E-state index contributed by atoms with van der Waals surface area (Å²) in [6.45, 7) is 9.88. The van der Waals surface area contributed by atoms with E-state index in [4.69, 9.17) is 0 Å². The van der Waals surface area contributed by atoms with Gasteiger partial charge < -0.3 is 4.90 Å². The van der Waals surface area contributed by atoms with Gasteiger partial charge in [-0.25, -0.2) is 4.79 Å². The van der Waals surface area contributed by atoms with Crippen molar-refractivity contribution in [2.75, 3.05) is 37.6 Å². The topological polar surface area (TPSA) is 33.4 Å². The fraction of sp³-hybridized carbons (Fsp3) is 0.296. The first-order valence-electron chi connectivity index (χ1n) is 11.4. The predicted octanol–water partition coefficient (Wildman–Crippen LogP) is 4.23. The molecule has 5 nitrogen and oxygen atoms in total. The first-order valence-corrected chi connectivity index (χ1v) is 11.4. The normalized spacial score (nSPS) is 14.9. The number of para-hydroxylation sites is 4. The van der Waals surface area contributed by atoms with Crippen LogP contribution in [0.25, 0.3) is 16.7 Å². The Morgan fingerprint density at radius 2 is 1.22 bits per heavy atom. The van der Waals surface area contributed by atoms with Crippen molar-refractivity contribution in [1.29, 1.82) is 0 Å². The van der Waals surface area contributed by atoms with Gasteiger partial charge in [-0.15, -0.1) is 0 Å². The minimum absolute atomic E-state index is 0.0408. The van der Waals surface area contributed by atoms with Crippen molar-refractivity contribution in [3.05, 3.63) is 94.4 Å². The molecule has 0 aliphatic carbocycles. The zero-order valence-electron chi connectivity index (χ0n) is 18.9. The second-order valence-electron chi connectivity index (χ2n) is 8.66. The molecule has 164 valence electrons.